The highest BCUT2D eigenvalue weighted by Gasteiger charge is 2.37. The number of ether oxygens (including phenoxy) is 2. The van der Waals surface area contributed by atoms with E-state index in [-0.39, 0.29) is 18.5 Å². The summed E-state index contributed by atoms with van der Waals surface area (Å²) in [5, 5.41) is 2.86. The van der Waals surface area contributed by atoms with Gasteiger partial charge in [0, 0.05) is 23.7 Å². The minimum Gasteiger partial charge on any atom is -0.454 e. The molecule has 0 fully saturated rings. The fourth-order valence-corrected chi connectivity index (χ4v) is 4.13. The predicted octanol–water partition coefficient (Wildman–Crippen LogP) is 3.95. The Hall–Kier alpha value is -4.13. The normalized spacial score (nSPS) is 14.8. The number of fused-ring (bicyclic) bond motifs is 2. The van der Waals surface area contributed by atoms with Gasteiger partial charge in [0.2, 0.25) is 6.79 Å². The SMILES string of the molecule is CC(=O)c1cc2c(cc1NC(=O)[C@H](c1ccccc1)N1Cc3ccccc3C1=O)OCO2. The molecule has 2 heterocycles. The van der Waals surface area contributed by atoms with Crippen molar-refractivity contribution < 1.29 is 23.9 Å². The lowest BCUT2D eigenvalue weighted by atomic mass is 10.0. The third-order valence-corrected chi connectivity index (χ3v) is 5.67. The van der Waals surface area contributed by atoms with Gasteiger partial charge in [-0.05, 0) is 30.2 Å². The van der Waals surface area contributed by atoms with Gasteiger partial charge in [-0.1, -0.05) is 48.5 Å². The van der Waals surface area contributed by atoms with Crippen molar-refractivity contribution in [1.29, 1.82) is 0 Å². The van der Waals surface area contributed by atoms with Crippen molar-refractivity contribution >= 4 is 23.3 Å². The number of carbonyl (C=O) groups excluding carboxylic acids is 3. The van der Waals surface area contributed by atoms with Crippen molar-refractivity contribution in [2.75, 3.05) is 12.1 Å². The highest BCUT2D eigenvalue weighted by atomic mass is 16.7. The summed E-state index contributed by atoms with van der Waals surface area (Å²) in [6.07, 6.45) is 0. The van der Waals surface area contributed by atoms with Gasteiger partial charge in [-0.2, -0.15) is 0 Å². The third-order valence-electron chi connectivity index (χ3n) is 5.67. The minimum absolute atomic E-state index is 0.0528. The molecule has 3 aromatic rings. The largest absolute Gasteiger partial charge is 0.454 e. The van der Waals surface area contributed by atoms with E-state index in [1.807, 2.05) is 48.5 Å². The Bertz CT molecular complexity index is 1240. The van der Waals surface area contributed by atoms with E-state index in [1.54, 1.807) is 23.1 Å². The zero-order valence-corrected chi connectivity index (χ0v) is 17.3. The molecular weight excluding hydrogens is 408 g/mol. The first-order chi connectivity index (χ1) is 15.5. The highest BCUT2D eigenvalue weighted by Crippen LogP contribution is 2.38. The Labute approximate surface area is 184 Å². The molecule has 5 rings (SSSR count). The lowest BCUT2D eigenvalue weighted by Gasteiger charge is -2.27. The van der Waals surface area contributed by atoms with Crippen molar-refractivity contribution in [1.82, 2.24) is 4.90 Å². The number of hydrogen-bond acceptors (Lipinski definition) is 5. The number of carbonyl (C=O) groups is 3. The lowest BCUT2D eigenvalue weighted by molar-refractivity contribution is -0.120. The predicted molar refractivity (Wildman–Crippen MR) is 117 cm³/mol. The van der Waals surface area contributed by atoms with Crippen LogP contribution in [0.5, 0.6) is 11.5 Å². The summed E-state index contributed by atoms with van der Waals surface area (Å²) in [5.74, 6) is 0.0597. The first-order valence-corrected chi connectivity index (χ1v) is 10.2. The molecule has 0 saturated heterocycles. The van der Waals surface area contributed by atoms with Crippen molar-refractivity contribution in [3.05, 3.63) is 89.0 Å². The van der Waals surface area contributed by atoms with E-state index in [2.05, 4.69) is 5.32 Å². The number of anilines is 1. The Morgan fingerprint density at radius 1 is 0.969 bits per heavy atom. The molecule has 1 N–H and O–H groups in total. The van der Waals surface area contributed by atoms with Crippen LogP contribution in [0, 0.1) is 0 Å². The van der Waals surface area contributed by atoms with Gasteiger partial charge in [0.15, 0.2) is 17.3 Å². The Morgan fingerprint density at radius 3 is 2.38 bits per heavy atom. The van der Waals surface area contributed by atoms with E-state index < -0.39 is 11.9 Å². The van der Waals surface area contributed by atoms with Crippen LogP contribution in [0.2, 0.25) is 0 Å². The van der Waals surface area contributed by atoms with Gasteiger partial charge in [-0.3, -0.25) is 14.4 Å². The summed E-state index contributed by atoms with van der Waals surface area (Å²) in [5.41, 5.74) is 2.77. The fourth-order valence-electron chi connectivity index (χ4n) is 4.13. The summed E-state index contributed by atoms with van der Waals surface area (Å²) >= 11 is 0. The van der Waals surface area contributed by atoms with Gasteiger partial charge in [-0.25, -0.2) is 0 Å². The first-order valence-electron chi connectivity index (χ1n) is 10.2. The number of benzene rings is 3. The molecule has 160 valence electrons. The molecule has 0 spiro atoms. The molecule has 0 radical (unpaired) electrons. The number of nitrogens with one attached hydrogen (secondary N) is 1. The molecular formula is C25H20N2O5. The molecule has 2 amide bonds. The third kappa shape index (κ3) is 3.37. The second-order valence-electron chi connectivity index (χ2n) is 7.70. The van der Waals surface area contributed by atoms with Gasteiger partial charge < -0.3 is 19.7 Å². The van der Waals surface area contributed by atoms with Gasteiger partial charge >= 0.3 is 0 Å². The molecule has 0 bridgehead atoms. The zero-order chi connectivity index (χ0) is 22.2. The van der Waals surface area contributed by atoms with E-state index in [4.69, 9.17) is 9.47 Å². The Morgan fingerprint density at radius 2 is 1.66 bits per heavy atom. The number of ketones is 1. The van der Waals surface area contributed by atoms with Crippen LogP contribution in [0.1, 0.15) is 44.8 Å². The standard InChI is InChI=1S/C25H20N2O5/c1-15(28)19-11-21-22(32-14-31-21)12-20(19)26-24(29)23(16-7-3-2-4-8-16)27-13-17-9-5-6-10-18(17)25(27)30/h2-12,23H,13-14H2,1H3,(H,26,29)/t23-/m0/s1. The quantitative estimate of drug-likeness (QED) is 0.622. The molecule has 32 heavy (non-hydrogen) atoms. The molecule has 2 aliphatic rings. The van der Waals surface area contributed by atoms with Crippen LogP contribution in [0.3, 0.4) is 0 Å². The van der Waals surface area contributed by atoms with Gasteiger partial charge in [0.25, 0.3) is 11.8 Å². The molecule has 0 saturated carbocycles. The van der Waals surface area contributed by atoms with Crippen LogP contribution < -0.4 is 14.8 Å². The van der Waals surface area contributed by atoms with Crippen molar-refractivity contribution in [2.45, 2.75) is 19.5 Å². The molecule has 7 heteroatoms. The highest BCUT2D eigenvalue weighted by molar-refractivity contribution is 6.08. The van der Waals surface area contributed by atoms with Crippen LogP contribution >= 0.6 is 0 Å². The molecule has 7 nitrogen and oxygen atoms in total. The van der Waals surface area contributed by atoms with E-state index >= 15 is 0 Å². The summed E-state index contributed by atoms with van der Waals surface area (Å²) in [6.45, 7) is 1.79. The molecule has 0 aliphatic carbocycles. The molecule has 1 atom stereocenters. The number of nitrogens with zero attached hydrogens (tertiary/aromatic N) is 1. The Kier molecular flexibility index (Phi) is 4.86. The summed E-state index contributed by atoms with van der Waals surface area (Å²) in [4.78, 5) is 40.5. The maximum Gasteiger partial charge on any atom is 0.255 e. The van der Waals surface area contributed by atoms with Crippen LogP contribution in [0.15, 0.2) is 66.7 Å². The van der Waals surface area contributed by atoms with E-state index in [0.29, 0.717) is 40.4 Å². The molecule has 3 aromatic carbocycles. The summed E-state index contributed by atoms with van der Waals surface area (Å²) in [6, 6.07) is 18.7. The lowest BCUT2D eigenvalue weighted by Crippen LogP contribution is -2.37. The maximum absolute atomic E-state index is 13.6. The minimum atomic E-state index is -0.874. The van der Waals surface area contributed by atoms with Gasteiger partial charge in [-0.15, -0.1) is 0 Å². The fraction of sp³-hybridized carbons (Fsp3) is 0.160. The number of rotatable bonds is 5. The van der Waals surface area contributed by atoms with Crippen molar-refractivity contribution in [3.8, 4) is 11.5 Å². The monoisotopic (exact) mass is 428 g/mol. The smallest absolute Gasteiger partial charge is 0.255 e. The van der Waals surface area contributed by atoms with Crippen LogP contribution in [-0.2, 0) is 11.3 Å². The van der Waals surface area contributed by atoms with Crippen LogP contribution in [0.25, 0.3) is 0 Å². The van der Waals surface area contributed by atoms with E-state index in [9.17, 15) is 14.4 Å². The second-order valence-corrected chi connectivity index (χ2v) is 7.70. The summed E-state index contributed by atoms with van der Waals surface area (Å²) in [7, 11) is 0. The Balaban J connectivity index is 1.52. The summed E-state index contributed by atoms with van der Waals surface area (Å²) < 4.78 is 10.8. The van der Waals surface area contributed by atoms with E-state index in [0.717, 1.165) is 5.56 Å². The zero-order valence-electron chi connectivity index (χ0n) is 17.3. The van der Waals surface area contributed by atoms with Gasteiger partial charge in [0.05, 0.1) is 5.69 Å². The number of hydrogen-bond donors (Lipinski definition) is 1. The molecule has 2 aliphatic heterocycles. The van der Waals surface area contributed by atoms with Crippen LogP contribution in [0.4, 0.5) is 5.69 Å². The topological polar surface area (TPSA) is 84.9 Å². The van der Waals surface area contributed by atoms with Crippen LogP contribution in [-0.4, -0.2) is 29.3 Å². The second kappa shape index (κ2) is 7.85. The number of amides is 2. The first kappa shape index (κ1) is 19.8. The molecule has 0 aromatic heterocycles. The average Bonchev–Trinajstić information content (AvgIpc) is 3.38. The maximum atomic E-state index is 13.6. The van der Waals surface area contributed by atoms with Crippen molar-refractivity contribution in [3.63, 3.8) is 0 Å². The van der Waals surface area contributed by atoms with Crippen molar-refractivity contribution in [2.24, 2.45) is 0 Å². The van der Waals surface area contributed by atoms with Gasteiger partial charge in [0.1, 0.15) is 6.04 Å². The number of Topliss-reactive ketones (excluding diaryl/α,β-unsaturated/α-hetero) is 1. The molecule has 0 unspecified atom stereocenters. The van der Waals surface area contributed by atoms with E-state index in [1.165, 1.54) is 6.92 Å². The average molecular weight is 428 g/mol.